The molecule has 0 bridgehead atoms. The molecule has 7 nitrogen and oxygen atoms in total. The van der Waals surface area contributed by atoms with Crippen LogP contribution in [0.4, 0.5) is 17.2 Å². The lowest BCUT2D eigenvalue weighted by Crippen LogP contribution is -2.13. The fourth-order valence-electron chi connectivity index (χ4n) is 2.42. The lowest BCUT2D eigenvalue weighted by atomic mass is 10.1. The average Bonchev–Trinajstić information content (AvgIpc) is 2.65. The molecule has 3 aromatic rings. The molecule has 1 aromatic heterocycles. The van der Waals surface area contributed by atoms with Gasteiger partial charge in [0.05, 0.1) is 16.3 Å². The van der Waals surface area contributed by atoms with Gasteiger partial charge in [-0.25, -0.2) is 13.4 Å². The topological polar surface area (TPSA) is 104 Å². The summed E-state index contributed by atoms with van der Waals surface area (Å²) in [5, 5.41) is 18.0. The number of pyridine rings is 1. The van der Waals surface area contributed by atoms with Gasteiger partial charge in [0.2, 0.25) is 0 Å². The molecular weight excluding hydrogens is 364 g/mol. The maximum Gasteiger partial charge on any atom is 0.263 e. The van der Waals surface area contributed by atoms with Crippen molar-refractivity contribution in [1.82, 2.24) is 4.98 Å². The summed E-state index contributed by atoms with van der Waals surface area (Å²) in [6.45, 7) is 3.57. The van der Waals surface area contributed by atoms with Crippen molar-refractivity contribution in [2.45, 2.75) is 18.7 Å². The molecule has 2 aromatic carbocycles. The van der Waals surface area contributed by atoms with Crippen molar-refractivity contribution in [3.8, 4) is 5.75 Å². The number of rotatable bonds is 5. The summed E-state index contributed by atoms with van der Waals surface area (Å²) in [5.74, 6) is 0.489. The first kappa shape index (κ1) is 18.5. The molecule has 3 rings (SSSR count). The first-order valence-electron chi connectivity index (χ1n) is 8.11. The lowest BCUT2D eigenvalue weighted by Gasteiger charge is -2.07. The smallest absolute Gasteiger partial charge is 0.263 e. The number of benzene rings is 2. The van der Waals surface area contributed by atoms with E-state index in [1.165, 1.54) is 18.3 Å². The van der Waals surface area contributed by atoms with Crippen molar-refractivity contribution >= 4 is 27.2 Å². The molecule has 138 valence electrons. The van der Waals surface area contributed by atoms with Gasteiger partial charge < -0.3 is 5.11 Å². The number of aromatic nitrogens is 1. The number of aromatic hydroxyl groups is 1. The maximum absolute atomic E-state index is 12.4. The van der Waals surface area contributed by atoms with Crippen LogP contribution in [-0.2, 0) is 10.0 Å². The molecule has 27 heavy (non-hydrogen) atoms. The molecule has 0 spiro atoms. The highest BCUT2D eigenvalue weighted by molar-refractivity contribution is 7.92. The molecule has 0 saturated heterocycles. The average molecular weight is 382 g/mol. The Hall–Kier alpha value is -3.26. The number of hydrogen-bond acceptors (Lipinski definition) is 6. The molecule has 8 heteroatoms. The van der Waals surface area contributed by atoms with Crippen LogP contribution in [0, 0.1) is 13.8 Å². The van der Waals surface area contributed by atoms with Gasteiger partial charge in [-0.3, -0.25) is 4.72 Å². The van der Waals surface area contributed by atoms with E-state index in [9.17, 15) is 13.5 Å². The van der Waals surface area contributed by atoms with Crippen LogP contribution in [0.3, 0.4) is 0 Å². The largest absolute Gasteiger partial charge is 0.507 e. The molecular formula is C19H18N4O3S. The van der Waals surface area contributed by atoms with Gasteiger partial charge >= 0.3 is 0 Å². The summed E-state index contributed by atoms with van der Waals surface area (Å²) in [7, 11) is -3.73. The van der Waals surface area contributed by atoms with Crippen LogP contribution < -0.4 is 4.72 Å². The molecule has 0 unspecified atom stereocenters. The van der Waals surface area contributed by atoms with E-state index in [1.807, 2.05) is 0 Å². The summed E-state index contributed by atoms with van der Waals surface area (Å²) < 4.78 is 27.2. The Morgan fingerprint density at radius 2 is 1.56 bits per heavy atom. The number of nitrogens with zero attached hydrogens (tertiary/aromatic N) is 3. The van der Waals surface area contributed by atoms with Gasteiger partial charge in [0, 0.05) is 6.20 Å². The minimum atomic E-state index is -3.73. The minimum absolute atomic E-state index is 0.100. The van der Waals surface area contributed by atoms with E-state index in [0.29, 0.717) is 22.5 Å². The van der Waals surface area contributed by atoms with Crippen molar-refractivity contribution in [3.63, 3.8) is 0 Å². The van der Waals surface area contributed by atoms with E-state index < -0.39 is 10.0 Å². The monoisotopic (exact) mass is 382 g/mol. The number of aryl methyl sites for hydroxylation is 2. The molecule has 0 saturated carbocycles. The van der Waals surface area contributed by atoms with Gasteiger partial charge in [-0.1, -0.05) is 6.07 Å². The third-order valence-electron chi connectivity index (χ3n) is 3.81. The van der Waals surface area contributed by atoms with Crippen molar-refractivity contribution in [3.05, 3.63) is 71.9 Å². The summed E-state index contributed by atoms with van der Waals surface area (Å²) in [6, 6.07) is 14.5. The molecule has 2 N–H and O–H groups in total. The van der Waals surface area contributed by atoms with Crippen LogP contribution in [-0.4, -0.2) is 18.5 Å². The third-order valence-corrected chi connectivity index (χ3v) is 5.18. The van der Waals surface area contributed by atoms with E-state index in [-0.39, 0.29) is 16.5 Å². The molecule has 0 aliphatic carbocycles. The second-order valence-corrected chi connectivity index (χ2v) is 7.62. The highest BCUT2D eigenvalue weighted by Crippen LogP contribution is 2.28. The zero-order valence-corrected chi connectivity index (χ0v) is 15.6. The van der Waals surface area contributed by atoms with Gasteiger partial charge in [-0.2, -0.15) is 10.2 Å². The fourth-order valence-corrected chi connectivity index (χ4v) is 3.43. The number of anilines is 1. The molecule has 0 fully saturated rings. The zero-order chi connectivity index (χ0) is 19.4. The number of nitrogens with one attached hydrogen (secondary N) is 1. The molecule has 0 amide bonds. The van der Waals surface area contributed by atoms with Crippen LogP contribution in [0.1, 0.15) is 11.1 Å². The standard InChI is InChI=1S/C19H18N4O3S/c1-13-11-16(12-14(2)19(13)24)22-21-15-6-8-17(9-7-15)27(25,26)23-18-5-3-4-10-20-18/h3-12,24H,1-2H3,(H,20,23)/b22-21+. The summed E-state index contributed by atoms with van der Waals surface area (Å²) in [4.78, 5) is 4.05. The normalized spacial score (nSPS) is 11.6. The highest BCUT2D eigenvalue weighted by atomic mass is 32.2. The van der Waals surface area contributed by atoms with E-state index >= 15 is 0 Å². The van der Waals surface area contributed by atoms with E-state index in [2.05, 4.69) is 19.9 Å². The highest BCUT2D eigenvalue weighted by Gasteiger charge is 2.14. The van der Waals surface area contributed by atoms with Crippen LogP contribution in [0.25, 0.3) is 0 Å². The number of phenolic OH excluding ortho intramolecular Hbond substituents is 1. The van der Waals surface area contributed by atoms with Crippen molar-refractivity contribution in [2.24, 2.45) is 10.2 Å². The van der Waals surface area contributed by atoms with E-state index in [1.54, 1.807) is 56.3 Å². The second-order valence-electron chi connectivity index (χ2n) is 5.94. The number of azo groups is 1. The van der Waals surface area contributed by atoms with Gasteiger partial charge in [0.1, 0.15) is 11.6 Å². The predicted molar refractivity (Wildman–Crippen MR) is 103 cm³/mol. The van der Waals surface area contributed by atoms with Crippen LogP contribution in [0.15, 0.2) is 75.9 Å². The Kier molecular flexibility index (Phi) is 5.18. The van der Waals surface area contributed by atoms with E-state index in [0.717, 1.165) is 0 Å². The Morgan fingerprint density at radius 3 is 2.15 bits per heavy atom. The SMILES string of the molecule is Cc1cc(/N=N/c2ccc(S(=O)(=O)Nc3ccccn3)cc2)cc(C)c1O. The lowest BCUT2D eigenvalue weighted by molar-refractivity contribution is 0.467. The zero-order valence-electron chi connectivity index (χ0n) is 14.8. The number of sulfonamides is 1. The van der Waals surface area contributed by atoms with E-state index in [4.69, 9.17) is 0 Å². The second kappa shape index (κ2) is 7.55. The quantitative estimate of drug-likeness (QED) is 0.628. The van der Waals surface area contributed by atoms with Crippen molar-refractivity contribution in [1.29, 1.82) is 0 Å². The minimum Gasteiger partial charge on any atom is -0.507 e. The molecule has 0 atom stereocenters. The maximum atomic E-state index is 12.4. The van der Waals surface area contributed by atoms with Crippen LogP contribution >= 0.6 is 0 Å². The molecule has 0 aliphatic rings. The summed E-state index contributed by atoms with van der Waals surface area (Å²) >= 11 is 0. The first-order valence-corrected chi connectivity index (χ1v) is 9.59. The Labute approximate surface area is 157 Å². The Bertz CT molecular complexity index is 1060. The first-order chi connectivity index (χ1) is 12.8. The summed E-state index contributed by atoms with van der Waals surface area (Å²) in [5.41, 5.74) is 2.54. The van der Waals surface area contributed by atoms with Gasteiger partial charge in [-0.15, -0.1) is 0 Å². The van der Waals surface area contributed by atoms with Crippen molar-refractivity contribution < 1.29 is 13.5 Å². The number of hydrogen-bond donors (Lipinski definition) is 2. The van der Waals surface area contributed by atoms with Gasteiger partial charge in [-0.05, 0) is 73.5 Å². The third kappa shape index (κ3) is 4.48. The van der Waals surface area contributed by atoms with Crippen molar-refractivity contribution in [2.75, 3.05) is 4.72 Å². The predicted octanol–water partition coefficient (Wildman–Crippen LogP) is 4.62. The van der Waals surface area contributed by atoms with Crippen LogP contribution in [0.2, 0.25) is 0 Å². The Morgan fingerprint density at radius 1 is 0.926 bits per heavy atom. The van der Waals surface area contributed by atoms with Gasteiger partial charge in [0.15, 0.2) is 0 Å². The fraction of sp³-hybridized carbons (Fsp3) is 0.105. The number of phenols is 1. The van der Waals surface area contributed by atoms with Gasteiger partial charge in [0.25, 0.3) is 10.0 Å². The Balaban J connectivity index is 1.77. The summed E-state index contributed by atoms with van der Waals surface area (Å²) in [6.07, 6.45) is 1.51. The molecule has 1 heterocycles. The molecule has 0 radical (unpaired) electrons. The van der Waals surface area contributed by atoms with Crippen LogP contribution in [0.5, 0.6) is 5.75 Å². The molecule has 0 aliphatic heterocycles.